The molecule has 1 saturated heterocycles. The van der Waals surface area contributed by atoms with Crippen molar-refractivity contribution in [2.75, 3.05) is 39.4 Å². The number of nitrogens with zero attached hydrogens (tertiary/aromatic N) is 1. The molecule has 1 heterocycles. The molecule has 19 heavy (non-hydrogen) atoms. The highest BCUT2D eigenvalue weighted by Crippen LogP contribution is 2.33. The molecule has 0 aromatic heterocycles. The van der Waals surface area contributed by atoms with Crippen molar-refractivity contribution in [3.8, 4) is 5.75 Å². The van der Waals surface area contributed by atoms with Gasteiger partial charge in [-0.05, 0) is 49.6 Å². The Balaban J connectivity index is 1.73. The number of aromatic hydroxyl groups is 1. The number of phenols is 1. The second-order valence-corrected chi connectivity index (χ2v) is 6.25. The Morgan fingerprint density at radius 3 is 2.47 bits per heavy atom. The van der Waals surface area contributed by atoms with Crippen LogP contribution in [0.25, 0.3) is 0 Å². The fraction of sp³-hybridized carbons (Fsp3) is 0.538. The molecule has 0 amide bonds. The van der Waals surface area contributed by atoms with E-state index in [4.69, 9.17) is 4.74 Å². The second-order valence-electron chi connectivity index (χ2n) is 4.54. The van der Waals surface area contributed by atoms with Gasteiger partial charge in [0.1, 0.15) is 5.75 Å². The van der Waals surface area contributed by atoms with Crippen LogP contribution in [0.3, 0.4) is 0 Å². The van der Waals surface area contributed by atoms with E-state index in [0.717, 1.165) is 51.5 Å². The van der Waals surface area contributed by atoms with Crippen LogP contribution in [0.2, 0.25) is 0 Å². The Labute approximate surface area is 130 Å². The lowest BCUT2D eigenvalue weighted by atomic mass is 10.2. The lowest BCUT2D eigenvalue weighted by molar-refractivity contribution is 0.0384. The first kappa shape index (κ1) is 15.3. The molecule has 0 radical (unpaired) electrons. The van der Waals surface area contributed by atoms with Crippen LogP contribution >= 0.6 is 31.9 Å². The molecule has 2 rings (SSSR count). The van der Waals surface area contributed by atoms with Crippen molar-refractivity contribution in [2.24, 2.45) is 0 Å². The highest BCUT2D eigenvalue weighted by Gasteiger charge is 2.09. The molecule has 2 N–H and O–H groups in total. The third-order valence-electron chi connectivity index (χ3n) is 3.11. The van der Waals surface area contributed by atoms with E-state index in [1.165, 1.54) is 0 Å². The van der Waals surface area contributed by atoms with E-state index in [9.17, 15) is 5.11 Å². The number of hydrogen-bond donors (Lipinski definition) is 2. The summed E-state index contributed by atoms with van der Waals surface area (Å²) >= 11 is 6.68. The van der Waals surface area contributed by atoms with Crippen molar-refractivity contribution in [1.29, 1.82) is 0 Å². The Hall–Kier alpha value is -0.140. The smallest absolute Gasteiger partial charge is 0.143 e. The van der Waals surface area contributed by atoms with E-state index in [1.807, 2.05) is 12.1 Å². The van der Waals surface area contributed by atoms with Crippen LogP contribution in [0.15, 0.2) is 21.1 Å². The van der Waals surface area contributed by atoms with Crippen LogP contribution in [-0.2, 0) is 11.3 Å². The van der Waals surface area contributed by atoms with Crippen molar-refractivity contribution >= 4 is 31.9 Å². The van der Waals surface area contributed by atoms with Gasteiger partial charge in [-0.25, -0.2) is 0 Å². The highest BCUT2D eigenvalue weighted by atomic mass is 79.9. The van der Waals surface area contributed by atoms with Gasteiger partial charge in [0, 0.05) is 32.7 Å². The molecular formula is C13H18Br2N2O2. The molecule has 0 bridgehead atoms. The quantitative estimate of drug-likeness (QED) is 0.753. The number of phenolic OH excluding ortho intramolecular Hbond substituents is 1. The van der Waals surface area contributed by atoms with E-state index in [-0.39, 0.29) is 5.75 Å². The van der Waals surface area contributed by atoms with Crippen molar-refractivity contribution in [3.05, 3.63) is 26.6 Å². The van der Waals surface area contributed by atoms with Crippen LogP contribution in [0.4, 0.5) is 0 Å². The first-order valence-electron chi connectivity index (χ1n) is 6.34. The standard InChI is InChI=1S/C13H18Br2N2O2/c14-11-7-10(8-12(15)13(11)18)9-16-1-2-17-3-5-19-6-4-17/h7-8,16,18H,1-6,9H2. The SMILES string of the molecule is Oc1c(Br)cc(CNCCN2CCOCC2)cc1Br. The molecule has 1 aromatic carbocycles. The Kier molecular flexibility index (Phi) is 6.09. The number of ether oxygens (including phenoxy) is 1. The molecule has 1 fully saturated rings. The van der Waals surface area contributed by atoms with Gasteiger partial charge in [-0.3, -0.25) is 4.90 Å². The fourth-order valence-corrected chi connectivity index (χ4v) is 3.30. The minimum Gasteiger partial charge on any atom is -0.506 e. The molecule has 0 aliphatic carbocycles. The first-order chi connectivity index (χ1) is 9.16. The fourth-order valence-electron chi connectivity index (χ4n) is 2.01. The molecule has 0 spiro atoms. The van der Waals surface area contributed by atoms with Gasteiger partial charge in [0.15, 0.2) is 0 Å². The predicted molar refractivity (Wildman–Crippen MR) is 82.5 cm³/mol. The molecule has 1 aliphatic heterocycles. The highest BCUT2D eigenvalue weighted by molar-refractivity contribution is 9.11. The maximum Gasteiger partial charge on any atom is 0.143 e. The number of morpholine rings is 1. The molecule has 0 unspecified atom stereocenters. The zero-order valence-corrected chi connectivity index (χ0v) is 13.8. The zero-order chi connectivity index (χ0) is 13.7. The van der Waals surface area contributed by atoms with Crippen molar-refractivity contribution in [1.82, 2.24) is 10.2 Å². The Morgan fingerprint density at radius 1 is 1.21 bits per heavy atom. The number of nitrogens with one attached hydrogen (secondary N) is 1. The van der Waals surface area contributed by atoms with Gasteiger partial charge in [-0.15, -0.1) is 0 Å². The maximum absolute atomic E-state index is 9.64. The van der Waals surface area contributed by atoms with Gasteiger partial charge in [-0.1, -0.05) is 0 Å². The number of rotatable bonds is 5. The molecule has 0 saturated carbocycles. The summed E-state index contributed by atoms with van der Waals surface area (Å²) in [6, 6.07) is 3.86. The van der Waals surface area contributed by atoms with Crippen LogP contribution < -0.4 is 5.32 Å². The summed E-state index contributed by atoms with van der Waals surface area (Å²) < 4.78 is 6.75. The Morgan fingerprint density at radius 2 is 1.84 bits per heavy atom. The average molecular weight is 394 g/mol. The molecule has 6 heteroatoms. The van der Waals surface area contributed by atoms with Crippen LogP contribution in [0, 0.1) is 0 Å². The third-order valence-corrected chi connectivity index (χ3v) is 4.32. The van der Waals surface area contributed by atoms with Gasteiger partial charge in [-0.2, -0.15) is 0 Å². The molecule has 4 nitrogen and oxygen atoms in total. The summed E-state index contributed by atoms with van der Waals surface area (Å²) in [6.45, 7) is 6.54. The molecular weight excluding hydrogens is 376 g/mol. The molecule has 0 atom stereocenters. The number of hydrogen-bond acceptors (Lipinski definition) is 4. The van der Waals surface area contributed by atoms with Gasteiger partial charge in [0.25, 0.3) is 0 Å². The first-order valence-corrected chi connectivity index (χ1v) is 7.93. The van der Waals surface area contributed by atoms with Crippen molar-refractivity contribution in [3.63, 3.8) is 0 Å². The monoisotopic (exact) mass is 392 g/mol. The van der Waals surface area contributed by atoms with Crippen LogP contribution in [0.5, 0.6) is 5.75 Å². The maximum atomic E-state index is 9.64. The zero-order valence-electron chi connectivity index (χ0n) is 10.7. The average Bonchev–Trinajstić information content (AvgIpc) is 2.42. The number of halogens is 2. The predicted octanol–water partition coefficient (Wildman–Crippen LogP) is 2.34. The van der Waals surface area contributed by atoms with Crippen LogP contribution in [-0.4, -0.2) is 49.4 Å². The summed E-state index contributed by atoms with van der Waals surface area (Å²) in [6.07, 6.45) is 0. The molecule has 1 aliphatic rings. The summed E-state index contributed by atoms with van der Waals surface area (Å²) in [5.41, 5.74) is 1.14. The van der Waals surface area contributed by atoms with Gasteiger partial charge < -0.3 is 15.2 Å². The van der Waals surface area contributed by atoms with E-state index in [0.29, 0.717) is 8.95 Å². The lowest BCUT2D eigenvalue weighted by Crippen LogP contribution is -2.40. The van der Waals surface area contributed by atoms with Crippen molar-refractivity contribution < 1.29 is 9.84 Å². The second kappa shape index (κ2) is 7.59. The van der Waals surface area contributed by atoms with E-state index >= 15 is 0 Å². The third kappa shape index (κ3) is 4.72. The van der Waals surface area contributed by atoms with Crippen LogP contribution in [0.1, 0.15) is 5.56 Å². The lowest BCUT2D eigenvalue weighted by Gasteiger charge is -2.26. The normalized spacial score (nSPS) is 16.7. The Bertz CT molecular complexity index is 400. The number of benzene rings is 1. The summed E-state index contributed by atoms with van der Waals surface area (Å²) in [5, 5.41) is 13.1. The van der Waals surface area contributed by atoms with E-state index in [2.05, 4.69) is 42.1 Å². The summed E-state index contributed by atoms with van der Waals surface area (Å²) in [4.78, 5) is 2.40. The largest absolute Gasteiger partial charge is 0.506 e. The topological polar surface area (TPSA) is 44.7 Å². The van der Waals surface area contributed by atoms with Gasteiger partial charge >= 0.3 is 0 Å². The van der Waals surface area contributed by atoms with Gasteiger partial charge in [0.05, 0.1) is 22.2 Å². The van der Waals surface area contributed by atoms with E-state index in [1.54, 1.807) is 0 Å². The van der Waals surface area contributed by atoms with E-state index < -0.39 is 0 Å². The molecule has 1 aromatic rings. The summed E-state index contributed by atoms with van der Waals surface area (Å²) in [7, 11) is 0. The van der Waals surface area contributed by atoms with Gasteiger partial charge in [0.2, 0.25) is 0 Å². The minimum atomic E-state index is 0.247. The minimum absolute atomic E-state index is 0.247. The summed E-state index contributed by atoms with van der Waals surface area (Å²) in [5.74, 6) is 0.247. The molecule has 106 valence electrons. The van der Waals surface area contributed by atoms with Crippen molar-refractivity contribution in [2.45, 2.75) is 6.54 Å².